The van der Waals surface area contributed by atoms with Gasteiger partial charge in [0.2, 0.25) is 10.0 Å². The van der Waals surface area contributed by atoms with E-state index in [1.807, 2.05) is 30.3 Å². The van der Waals surface area contributed by atoms with E-state index in [4.69, 9.17) is 4.52 Å². The Morgan fingerprint density at radius 3 is 2.72 bits per heavy atom. The lowest BCUT2D eigenvalue weighted by Crippen LogP contribution is -2.35. The molecule has 0 bridgehead atoms. The van der Waals surface area contributed by atoms with Crippen LogP contribution >= 0.6 is 0 Å². The fraction of sp³-hybridized carbons (Fsp3) is 0.438. The van der Waals surface area contributed by atoms with E-state index in [-0.39, 0.29) is 29.7 Å². The smallest absolute Gasteiger partial charge is 0.212 e. The van der Waals surface area contributed by atoms with Gasteiger partial charge in [-0.15, -0.1) is 0 Å². The van der Waals surface area contributed by atoms with Crippen molar-refractivity contribution in [2.45, 2.75) is 19.4 Å². The fourth-order valence-corrected chi connectivity index (χ4v) is 6.25. The molecule has 0 amide bonds. The predicted molar refractivity (Wildman–Crippen MR) is 93.9 cm³/mol. The van der Waals surface area contributed by atoms with Crippen LogP contribution in [0, 0.1) is 5.92 Å². The third-order valence-corrected chi connectivity index (χ3v) is 7.49. The van der Waals surface area contributed by atoms with E-state index >= 15 is 0 Å². The Morgan fingerprint density at radius 2 is 2.00 bits per heavy atom. The van der Waals surface area contributed by atoms with Crippen LogP contribution in [-0.4, -0.2) is 39.3 Å². The zero-order valence-electron chi connectivity index (χ0n) is 13.6. The largest absolute Gasteiger partial charge is 0.359 e. The minimum absolute atomic E-state index is 0.0123. The number of hydrogen-bond acceptors (Lipinski definition) is 6. The number of nitrogens with one attached hydrogen (secondary N) is 1. The summed E-state index contributed by atoms with van der Waals surface area (Å²) in [5.41, 5.74) is 1.51. The molecule has 1 aromatic heterocycles. The summed E-state index contributed by atoms with van der Waals surface area (Å²) >= 11 is 0. The second kappa shape index (κ2) is 7.27. The highest BCUT2D eigenvalue weighted by Gasteiger charge is 2.28. The van der Waals surface area contributed by atoms with Crippen LogP contribution in [0.25, 0.3) is 11.3 Å². The first-order valence-corrected chi connectivity index (χ1v) is 11.5. The van der Waals surface area contributed by atoms with Crippen molar-refractivity contribution in [2.24, 2.45) is 5.92 Å². The Kier molecular flexibility index (Phi) is 5.26. The third-order valence-electron chi connectivity index (χ3n) is 4.11. The van der Waals surface area contributed by atoms with Gasteiger partial charge in [0.15, 0.2) is 15.6 Å². The topological polar surface area (TPSA) is 106 Å². The minimum Gasteiger partial charge on any atom is -0.359 e. The van der Waals surface area contributed by atoms with Crippen LogP contribution in [0.5, 0.6) is 0 Å². The molecule has 25 heavy (non-hydrogen) atoms. The Labute approximate surface area is 147 Å². The molecular formula is C16H20N2O5S2. The van der Waals surface area contributed by atoms with Gasteiger partial charge in [-0.1, -0.05) is 35.5 Å². The molecule has 1 aliphatic heterocycles. The van der Waals surface area contributed by atoms with Crippen molar-refractivity contribution in [3.05, 3.63) is 42.2 Å². The van der Waals surface area contributed by atoms with Gasteiger partial charge in [-0.2, -0.15) is 0 Å². The van der Waals surface area contributed by atoms with Crippen LogP contribution in [0.2, 0.25) is 0 Å². The Bertz CT molecular complexity index is 920. The lowest BCUT2D eigenvalue weighted by molar-refractivity contribution is 0.382. The molecule has 1 aliphatic rings. The maximum atomic E-state index is 12.2. The maximum Gasteiger partial charge on any atom is 0.212 e. The van der Waals surface area contributed by atoms with Crippen molar-refractivity contribution in [3.63, 3.8) is 0 Å². The first-order chi connectivity index (χ1) is 11.8. The first-order valence-electron chi connectivity index (χ1n) is 8.02. The molecule has 1 saturated heterocycles. The Hall–Kier alpha value is -1.71. The van der Waals surface area contributed by atoms with E-state index in [0.717, 1.165) is 5.56 Å². The van der Waals surface area contributed by atoms with E-state index in [2.05, 4.69) is 9.88 Å². The second-order valence-corrected chi connectivity index (χ2v) is 10.3. The molecule has 0 radical (unpaired) electrons. The monoisotopic (exact) mass is 384 g/mol. The van der Waals surface area contributed by atoms with Crippen molar-refractivity contribution in [1.82, 2.24) is 9.88 Å². The van der Waals surface area contributed by atoms with Gasteiger partial charge in [-0.25, -0.2) is 21.6 Å². The first kappa shape index (κ1) is 18.1. The van der Waals surface area contributed by atoms with Crippen LogP contribution in [0.3, 0.4) is 0 Å². The molecule has 7 nitrogen and oxygen atoms in total. The van der Waals surface area contributed by atoms with Gasteiger partial charge < -0.3 is 4.52 Å². The van der Waals surface area contributed by atoms with Gasteiger partial charge >= 0.3 is 0 Å². The van der Waals surface area contributed by atoms with Gasteiger partial charge in [-0.3, -0.25) is 0 Å². The lowest BCUT2D eigenvalue weighted by Gasteiger charge is -2.21. The molecule has 1 aromatic carbocycles. The number of sulfonamides is 1. The number of sulfone groups is 1. The molecule has 0 aliphatic carbocycles. The summed E-state index contributed by atoms with van der Waals surface area (Å²) in [6, 6.07) is 11.1. The van der Waals surface area contributed by atoms with Gasteiger partial charge in [0, 0.05) is 11.6 Å². The van der Waals surface area contributed by atoms with E-state index in [1.54, 1.807) is 6.07 Å². The number of nitrogens with zero attached hydrogens (tertiary/aromatic N) is 1. The van der Waals surface area contributed by atoms with Crippen molar-refractivity contribution in [2.75, 3.05) is 17.3 Å². The number of rotatable bonds is 6. The SMILES string of the molecule is O=S1(=O)CCCC(CS(=O)(=O)NCc2cc(-c3ccccc3)no2)C1. The molecule has 1 fully saturated rings. The molecule has 1 atom stereocenters. The second-order valence-electron chi connectivity index (χ2n) is 6.27. The van der Waals surface area contributed by atoms with Crippen LogP contribution in [0.15, 0.2) is 40.9 Å². The molecule has 0 saturated carbocycles. The molecule has 1 unspecified atom stereocenters. The summed E-state index contributed by atoms with van der Waals surface area (Å²) in [4.78, 5) is 0. The highest BCUT2D eigenvalue weighted by molar-refractivity contribution is 7.91. The van der Waals surface area contributed by atoms with Crippen LogP contribution < -0.4 is 4.72 Å². The summed E-state index contributed by atoms with van der Waals surface area (Å²) in [6.07, 6.45) is 1.13. The third kappa shape index (κ3) is 5.13. The lowest BCUT2D eigenvalue weighted by atomic mass is 10.1. The zero-order chi connectivity index (χ0) is 17.9. The Morgan fingerprint density at radius 1 is 1.24 bits per heavy atom. The van der Waals surface area contributed by atoms with Crippen LogP contribution in [-0.2, 0) is 26.4 Å². The summed E-state index contributed by atoms with van der Waals surface area (Å²) in [7, 11) is -6.71. The molecule has 9 heteroatoms. The van der Waals surface area contributed by atoms with E-state index < -0.39 is 19.9 Å². The summed E-state index contributed by atoms with van der Waals surface area (Å²) in [5.74, 6) is -0.0537. The highest BCUT2D eigenvalue weighted by atomic mass is 32.2. The standard InChI is InChI=1S/C16H20N2O5S2/c19-24(20)8-4-5-13(11-24)12-25(21,22)17-10-15-9-16(18-23-15)14-6-2-1-3-7-14/h1-3,6-7,9,13,17H,4-5,8,10-12H2. The average molecular weight is 384 g/mol. The summed E-state index contributed by atoms with van der Waals surface area (Å²) in [5, 5.41) is 3.93. The number of aromatic nitrogens is 1. The molecule has 1 N–H and O–H groups in total. The minimum atomic E-state index is -3.59. The summed E-state index contributed by atoms with van der Waals surface area (Å²) < 4.78 is 55.3. The molecule has 0 spiro atoms. The van der Waals surface area contributed by atoms with Crippen molar-refractivity contribution >= 4 is 19.9 Å². The van der Waals surface area contributed by atoms with Gasteiger partial charge in [-0.05, 0) is 18.8 Å². The number of hydrogen-bond donors (Lipinski definition) is 1. The fourth-order valence-electron chi connectivity index (χ4n) is 2.94. The van der Waals surface area contributed by atoms with Crippen LogP contribution in [0.1, 0.15) is 18.6 Å². The average Bonchev–Trinajstić information content (AvgIpc) is 3.02. The predicted octanol–water partition coefficient (Wildman–Crippen LogP) is 1.59. The van der Waals surface area contributed by atoms with Crippen molar-refractivity contribution < 1.29 is 21.4 Å². The van der Waals surface area contributed by atoms with Gasteiger partial charge in [0.1, 0.15) is 5.69 Å². The van der Waals surface area contributed by atoms with Gasteiger partial charge in [0.25, 0.3) is 0 Å². The van der Waals surface area contributed by atoms with E-state index in [0.29, 0.717) is 24.3 Å². The summed E-state index contributed by atoms with van der Waals surface area (Å²) in [6.45, 7) is -0.0123. The molecule has 3 rings (SSSR count). The van der Waals surface area contributed by atoms with Crippen molar-refractivity contribution in [3.8, 4) is 11.3 Å². The number of benzene rings is 1. The normalized spacial score (nSPS) is 20.4. The zero-order valence-corrected chi connectivity index (χ0v) is 15.2. The van der Waals surface area contributed by atoms with Crippen molar-refractivity contribution in [1.29, 1.82) is 0 Å². The van der Waals surface area contributed by atoms with Crippen LogP contribution in [0.4, 0.5) is 0 Å². The highest BCUT2D eigenvalue weighted by Crippen LogP contribution is 2.21. The molecule has 136 valence electrons. The molecular weight excluding hydrogens is 364 g/mol. The molecule has 2 aromatic rings. The van der Waals surface area contributed by atoms with E-state index in [1.165, 1.54) is 0 Å². The Balaban J connectivity index is 1.58. The molecule has 2 heterocycles. The van der Waals surface area contributed by atoms with E-state index in [9.17, 15) is 16.8 Å². The maximum absolute atomic E-state index is 12.2. The quantitative estimate of drug-likeness (QED) is 0.810. The van der Waals surface area contributed by atoms with Gasteiger partial charge in [0.05, 0.1) is 23.8 Å².